The van der Waals surface area contributed by atoms with E-state index in [1.165, 1.54) is 0 Å². The lowest BCUT2D eigenvalue weighted by molar-refractivity contribution is 0.0525. The minimum Gasteiger partial charge on any atom is -0.490 e. The van der Waals surface area contributed by atoms with Gasteiger partial charge in [0, 0.05) is 10.0 Å². The maximum Gasteiger partial charge on any atom is 0.340 e. The van der Waals surface area contributed by atoms with Crippen molar-refractivity contribution in [2.75, 3.05) is 19.8 Å². The van der Waals surface area contributed by atoms with Crippen LogP contribution in [0.2, 0.25) is 0 Å². The molecule has 0 aliphatic carbocycles. The number of rotatable bonds is 10. The number of carbonyl (C=O) groups excluding carboxylic acids is 2. The summed E-state index contributed by atoms with van der Waals surface area (Å²) in [6.07, 6.45) is 0. The van der Waals surface area contributed by atoms with Crippen LogP contribution in [0.25, 0.3) is 11.1 Å². The van der Waals surface area contributed by atoms with E-state index in [0.717, 1.165) is 10.0 Å². The first-order valence-corrected chi connectivity index (χ1v) is 12.6. The summed E-state index contributed by atoms with van der Waals surface area (Å²) in [5.41, 5.74) is 3.34. The Balaban J connectivity index is 2.15. The Morgan fingerprint density at radius 1 is 0.806 bits per heavy atom. The van der Waals surface area contributed by atoms with Gasteiger partial charge in [0.2, 0.25) is 0 Å². The third-order valence-electron chi connectivity index (χ3n) is 5.33. The fourth-order valence-corrected chi connectivity index (χ4v) is 4.33. The number of nitrogens with zero attached hydrogens (tertiary/aromatic N) is 1. The lowest BCUT2D eigenvalue weighted by atomic mass is 9.92. The average Bonchev–Trinajstić information content (AvgIpc) is 2.83. The number of benzene rings is 2. The van der Waals surface area contributed by atoms with Crippen molar-refractivity contribution in [2.45, 2.75) is 41.2 Å². The molecular weight excluding hydrogens is 526 g/mol. The summed E-state index contributed by atoms with van der Waals surface area (Å²) < 4.78 is 23.5. The molecule has 36 heavy (non-hydrogen) atoms. The lowest BCUT2D eigenvalue weighted by Gasteiger charge is -2.19. The summed E-state index contributed by atoms with van der Waals surface area (Å²) in [7, 11) is 0. The number of halogens is 1. The van der Waals surface area contributed by atoms with Gasteiger partial charge in [-0.05, 0) is 70.0 Å². The molecule has 0 amide bonds. The second kappa shape index (κ2) is 12.5. The van der Waals surface area contributed by atoms with Crippen molar-refractivity contribution in [3.8, 4) is 22.6 Å². The summed E-state index contributed by atoms with van der Waals surface area (Å²) >= 11 is 3.47. The number of hydrogen-bond acceptors (Lipinski definition) is 7. The number of ether oxygens (including phenoxy) is 4. The second-order valence-electron chi connectivity index (χ2n) is 7.86. The molecule has 2 aromatic carbocycles. The van der Waals surface area contributed by atoms with Crippen molar-refractivity contribution in [1.82, 2.24) is 4.98 Å². The zero-order chi connectivity index (χ0) is 26.2. The van der Waals surface area contributed by atoms with Gasteiger partial charge in [0.1, 0.15) is 6.61 Å². The van der Waals surface area contributed by atoms with E-state index < -0.39 is 11.9 Å². The smallest absolute Gasteiger partial charge is 0.340 e. The van der Waals surface area contributed by atoms with Crippen LogP contribution in [0, 0.1) is 13.8 Å². The Hall–Kier alpha value is -3.39. The second-order valence-corrected chi connectivity index (χ2v) is 8.78. The molecule has 8 heteroatoms. The maximum atomic E-state index is 13.0. The predicted octanol–water partition coefficient (Wildman–Crippen LogP) is 6.46. The van der Waals surface area contributed by atoms with Crippen LogP contribution in [0.4, 0.5) is 0 Å². The molecular formula is C28H30BrNO6. The molecule has 0 saturated heterocycles. The third-order valence-corrected chi connectivity index (χ3v) is 5.83. The Morgan fingerprint density at radius 2 is 1.44 bits per heavy atom. The molecule has 0 radical (unpaired) electrons. The number of esters is 2. The van der Waals surface area contributed by atoms with Crippen molar-refractivity contribution >= 4 is 27.9 Å². The van der Waals surface area contributed by atoms with E-state index in [-0.39, 0.29) is 24.3 Å². The molecule has 0 saturated carbocycles. The SMILES string of the molecule is CCOC(=O)c1c(C)nc(C)c(C(=O)OCC)c1-c1ccc(OCc2cccc(Br)c2)c(OCC)c1. The highest BCUT2D eigenvalue weighted by molar-refractivity contribution is 9.10. The first-order valence-electron chi connectivity index (χ1n) is 11.8. The van der Waals surface area contributed by atoms with E-state index in [1.54, 1.807) is 45.9 Å². The van der Waals surface area contributed by atoms with Crippen LogP contribution in [-0.4, -0.2) is 36.7 Å². The van der Waals surface area contributed by atoms with Gasteiger partial charge in [-0.25, -0.2) is 9.59 Å². The van der Waals surface area contributed by atoms with Crippen LogP contribution in [0.5, 0.6) is 11.5 Å². The van der Waals surface area contributed by atoms with Crippen LogP contribution in [0.3, 0.4) is 0 Å². The van der Waals surface area contributed by atoms with Crippen molar-refractivity contribution in [3.05, 3.63) is 75.0 Å². The van der Waals surface area contributed by atoms with Crippen LogP contribution < -0.4 is 9.47 Å². The highest BCUT2D eigenvalue weighted by Gasteiger charge is 2.28. The van der Waals surface area contributed by atoms with Gasteiger partial charge in [-0.3, -0.25) is 4.98 Å². The van der Waals surface area contributed by atoms with E-state index in [2.05, 4.69) is 20.9 Å². The van der Waals surface area contributed by atoms with Crippen LogP contribution in [-0.2, 0) is 16.1 Å². The monoisotopic (exact) mass is 555 g/mol. The molecule has 3 aromatic rings. The van der Waals surface area contributed by atoms with Crippen molar-refractivity contribution < 1.29 is 28.5 Å². The minimum absolute atomic E-state index is 0.187. The Kier molecular flexibility index (Phi) is 9.47. The Morgan fingerprint density at radius 3 is 2.00 bits per heavy atom. The predicted molar refractivity (Wildman–Crippen MR) is 141 cm³/mol. The van der Waals surface area contributed by atoms with E-state index in [4.69, 9.17) is 18.9 Å². The molecule has 7 nitrogen and oxygen atoms in total. The van der Waals surface area contributed by atoms with E-state index in [9.17, 15) is 9.59 Å². The van der Waals surface area contributed by atoms with Crippen LogP contribution in [0.1, 0.15) is 58.4 Å². The number of aryl methyl sites for hydroxylation is 2. The van der Waals surface area contributed by atoms with Crippen molar-refractivity contribution in [2.24, 2.45) is 0 Å². The van der Waals surface area contributed by atoms with Crippen LogP contribution >= 0.6 is 15.9 Å². The van der Waals surface area contributed by atoms with Gasteiger partial charge >= 0.3 is 11.9 Å². The average molecular weight is 556 g/mol. The molecule has 0 N–H and O–H groups in total. The van der Waals surface area contributed by atoms with Crippen molar-refractivity contribution in [1.29, 1.82) is 0 Å². The molecule has 0 unspecified atom stereocenters. The first kappa shape index (κ1) is 27.2. The fraction of sp³-hybridized carbons (Fsp3) is 0.321. The van der Waals surface area contributed by atoms with Gasteiger partial charge in [0.15, 0.2) is 11.5 Å². The van der Waals surface area contributed by atoms with E-state index >= 15 is 0 Å². The minimum atomic E-state index is -0.559. The lowest BCUT2D eigenvalue weighted by Crippen LogP contribution is -2.17. The summed E-state index contributed by atoms with van der Waals surface area (Å²) in [5.74, 6) is -0.0906. The molecule has 0 aliphatic heterocycles. The summed E-state index contributed by atoms with van der Waals surface area (Å²) in [6.45, 7) is 9.89. The Labute approximate surface area is 219 Å². The fourth-order valence-electron chi connectivity index (χ4n) is 3.88. The van der Waals surface area contributed by atoms with Gasteiger partial charge in [-0.15, -0.1) is 0 Å². The van der Waals surface area contributed by atoms with Gasteiger partial charge < -0.3 is 18.9 Å². The molecule has 0 aliphatic rings. The topological polar surface area (TPSA) is 84.0 Å². The summed E-state index contributed by atoms with van der Waals surface area (Å²) in [5, 5.41) is 0. The molecule has 0 spiro atoms. The molecule has 1 heterocycles. The molecule has 1 aromatic heterocycles. The summed E-state index contributed by atoms with van der Waals surface area (Å²) in [4.78, 5) is 30.4. The van der Waals surface area contributed by atoms with Gasteiger partial charge in [0.25, 0.3) is 0 Å². The first-order chi connectivity index (χ1) is 17.3. The zero-order valence-corrected chi connectivity index (χ0v) is 22.7. The largest absolute Gasteiger partial charge is 0.490 e. The van der Waals surface area contributed by atoms with Crippen molar-refractivity contribution in [3.63, 3.8) is 0 Å². The zero-order valence-electron chi connectivity index (χ0n) is 21.1. The number of pyridine rings is 1. The van der Waals surface area contributed by atoms with E-state index in [0.29, 0.717) is 47.2 Å². The number of aromatic nitrogens is 1. The maximum absolute atomic E-state index is 13.0. The summed E-state index contributed by atoms with van der Waals surface area (Å²) in [6, 6.07) is 13.2. The standard InChI is InChI=1S/C28H30BrNO6/c1-6-33-23-15-20(12-13-22(23)36-16-19-10-9-11-21(29)14-19)26-24(27(31)34-7-2)17(4)30-18(5)25(26)28(32)35-8-3/h9-15H,6-8,16H2,1-5H3. The van der Waals surface area contributed by atoms with Gasteiger partial charge in [-0.2, -0.15) is 0 Å². The molecule has 0 atom stereocenters. The highest BCUT2D eigenvalue weighted by Crippen LogP contribution is 2.38. The number of carbonyl (C=O) groups is 2. The molecule has 0 fully saturated rings. The molecule has 3 rings (SSSR count). The number of hydrogen-bond donors (Lipinski definition) is 0. The molecule has 190 valence electrons. The van der Waals surface area contributed by atoms with E-state index in [1.807, 2.05) is 31.2 Å². The third kappa shape index (κ3) is 6.23. The quantitative estimate of drug-likeness (QED) is 0.265. The highest BCUT2D eigenvalue weighted by atomic mass is 79.9. The normalized spacial score (nSPS) is 10.6. The Bertz CT molecular complexity index is 1210. The van der Waals surface area contributed by atoms with Gasteiger partial charge in [0.05, 0.1) is 42.3 Å². The van der Waals surface area contributed by atoms with Gasteiger partial charge in [-0.1, -0.05) is 34.1 Å². The van der Waals surface area contributed by atoms with Crippen LogP contribution in [0.15, 0.2) is 46.9 Å². The molecule has 0 bridgehead atoms.